The highest BCUT2D eigenvalue weighted by atomic mass is 16.5. The van der Waals surface area contributed by atoms with Gasteiger partial charge < -0.3 is 10.1 Å². The molecule has 2 aliphatic carbocycles. The molecule has 36 heavy (non-hydrogen) atoms. The molecule has 5 aliphatic rings. The monoisotopic (exact) mass is 484 g/mol. The molecule has 1 saturated heterocycles. The van der Waals surface area contributed by atoms with E-state index in [0.717, 1.165) is 49.5 Å². The SMILES string of the molecule is CCN1Cc2ccc(/C=C/C3NNC4CC(C5C[C@@]56C(=O)Nc5ccc(OC)cc56)CCC34)cc2C1. The minimum Gasteiger partial charge on any atom is -0.497 e. The topological polar surface area (TPSA) is 65.6 Å². The van der Waals surface area contributed by atoms with Crippen molar-refractivity contribution in [3.8, 4) is 5.75 Å². The number of amides is 1. The van der Waals surface area contributed by atoms with E-state index in [-0.39, 0.29) is 11.3 Å². The summed E-state index contributed by atoms with van der Waals surface area (Å²) in [6, 6.07) is 13.7. The fourth-order valence-corrected chi connectivity index (χ4v) is 7.63. The van der Waals surface area contributed by atoms with Gasteiger partial charge in [0.1, 0.15) is 5.75 Å². The molecule has 0 radical (unpaired) electrons. The van der Waals surface area contributed by atoms with Gasteiger partial charge in [0.25, 0.3) is 0 Å². The zero-order valence-electron chi connectivity index (χ0n) is 21.2. The van der Waals surface area contributed by atoms with Gasteiger partial charge in [-0.3, -0.25) is 20.5 Å². The largest absolute Gasteiger partial charge is 0.497 e. The van der Waals surface area contributed by atoms with E-state index in [1.165, 1.54) is 29.5 Å². The van der Waals surface area contributed by atoms with Gasteiger partial charge in [0.15, 0.2) is 0 Å². The molecule has 2 saturated carbocycles. The smallest absolute Gasteiger partial charge is 0.235 e. The zero-order valence-corrected chi connectivity index (χ0v) is 21.2. The van der Waals surface area contributed by atoms with E-state index < -0.39 is 0 Å². The number of fused-ring (bicyclic) bond motifs is 4. The maximum atomic E-state index is 13.1. The normalized spacial score (nSPS) is 34.6. The molecule has 0 aromatic heterocycles. The quantitative estimate of drug-likeness (QED) is 0.593. The number of nitrogens with one attached hydrogen (secondary N) is 3. The first-order chi connectivity index (χ1) is 17.6. The number of carbonyl (C=O) groups excluding carboxylic acids is 1. The Morgan fingerprint density at radius 1 is 1.11 bits per heavy atom. The Morgan fingerprint density at radius 2 is 2.00 bits per heavy atom. The third kappa shape index (κ3) is 3.46. The van der Waals surface area contributed by atoms with E-state index in [4.69, 9.17) is 4.74 Å². The second kappa shape index (κ2) is 8.44. The number of rotatable bonds is 5. The van der Waals surface area contributed by atoms with Crippen molar-refractivity contribution in [2.45, 2.75) is 63.2 Å². The molecule has 7 rings (SSSR count). The standard InChI is InChI=1S/C30H36N4O2/c1-3-34-16-20-6-4-18(12-21(20)17-34)5-10-26-23-9-7-19(13-28(23)33-32-26)25-15-30(25)24-14-22(36-2)8-11-27(24)31-29(30)35/h4-6,8,10-12,14,19,23,25-26,28,32-33H,3,7,9,13,15-17H2,1-2H3,(H,31,35)/b10-5+/t19?,23?,25?,26?,28?,30-/m0/s1. The van der Waals surface area contributed by atoms with Crippen LogP contribution in [0.3, 0.4) is 0 Å². The van der Waals surface area contributed by atoms with Crippen molar-refractivity contribution in [3.05, 3.63) is 64.7 Å². The predicted molar refractivity (Wildman–Crippen MR) is 141 cm³/mol. The predicted octanol–water partition coefficient (Wildman–Crippen LogP) is 4.22. The van der Waals surface area contributed by atoms with Crippen LogP contribution in [0.2, 0.25) is 0 Å². The molecule has 0 bridgehead atoms. The van der Waals surface area contributed by atoms with Crippen molar-refractivity contribution in [3.63, 3.8) is 0 Å². The number of benzene rings is 2. The number of nitrogens with zero attached hydrogens (tertiary/aromatic N) is 1. The summed E-state index contributed by atoms with van der Waals surface area (Å²) in [4.78, 5) is 15.6. The summed E-state index contributed by atoms with van der Waals surface area (Å²) < 4.78 is 5.47. The first kappa shape index (κ1) is 22.5. The first-order valence-electron chi connectivity index (χ1n) is 13.6. The first-order valence-corrected chi connectivity index (χ1v) is 13.6. The number of anilines is 1. The second-order valence-corrected chi connectivity index (χ2v) is 11.5. The van der Waals surface area contributed by atoms with E-state index >= 15 is 0 Å². The minimum absolute atomic E-state index is 0.188. The highest BCUT2D eigenvalue weighted by Gasteiger charge is 2.67. The van der Waals surface area contributed by atoms with E-state index in [1.807, 2.05) is 12.1 Å². The second-order valence-electron chi connectivity index (χ2n) is 11.5. The fourth-order valence-electron chi connectivity index (χ4n) is 7.63. The average molecular weight is 485 g/mol. The van der Waals surface area contributed by atoms with Crippen LogP contribution in [0, 0.1) is 17.8 Å². The number of ether oxygens (including phenoxy) is 1. The van der Waals surface area contributed by atoms with Crippen molar-refractivity contribution >= 4 is 17.7 Å². The van der Waals surface area contributed by atoms with Crippen LogP contribution in [-0.4, -0.2) is 36.5 Å². The molecular formula is C30H36N4O2. The van der Waals surface area contributed by atoms with Gasteiger partial charge in [0.05, 0.1) is 12.5 Å². The molecule has 1 spiro atoms. The van der Waals surface area contributed by atoms with E-state index in [1.54, 1.807) is 7.11 Å². The van der Waals surface area contributed by atoms with Gasteiger partial charge in [-0.2, -0.15) is 0 Å². The minimum atomic E-state index is -0.340. The van der Waals surface area contributed by atoms with Crippen LogP contribution < -0.4 is 20.9 Å². The maximum absolute atomic E-state index is 13.1. The van der Waals surface area contributed by atoms with Crippen molar-refractivity contribution in [2.75, 3.05) is 19.0 Å². The number of hydrogen-bond donors (Lipinski definition) is 3. The van der Waals surface area contributed by atoms with Gasteiger partial charge in [0, 0.05) is 30.9 Å². The van der Waals surface area contributed by atoms with Crippen molar-refractivity contribution in [1.29, 1.82) is 0 Å². The van der Waals surface area contributed by atoms with E-state index in [2.05, 4.69) is 64.4 Å². The molecule has 6 heteroatoms. The van der Waals surface area contributed by atoms with Gasteiger partial charge in [0.2, 0.25) is 5.91 Å². The summed E-state index contributed by atoms with van der Waals surface area (Å²) in [5.41, 5.74) is 13.2. The number of carbonyl (C=O) groups is 1. The van der Waals surface area contributed by atoms with Crippen LogP contribution in [-0.2, 0) is 23.3 Å². The Morgan fingerprint density at radius 3 is 2.86 bits per heavy atom. The van der Waals surface area contributed by atoms with Crippen molar-refractivity contribution in [2.24, 2.45) is 17.8 Å². The van der Waals surface area contributed by atoms with Crippen LogP contribution in [0.1, 0.15) is 54.9 Å². The Labute approximate surface area is 213 Å². The lowest BCUT2D eigenvalue weighted by molar-refractivity contribution is -0.118. The van der Waals surface area contributed by atoms with Gasteiger partial charge >= 0.3 is 0 Å². The maximum Gasteiger partial charge on any atom is 0.235 e. The zero-order chi connectivity index (χ0) is 24.4. The highest BCUT2D eigenvalue weighted by molar-refractivity contribution is 6.09. The Balaban J connectivity index is 1.02. The van der Waals surface area contributed by atoms with E-state index in [9.17, 15) is 4.79 Å². The van der Waals surface area contributed by atoms with Gasteiger partial charge in [-0.25, -0.2) is 0 Å². The van der Waals surface area contributed by atoms with Crippen LogP contribution >= 0.6 is 0 Å². The van der Waals surface area contributed by atoms with Crippen LogP contribution in [0.25, 0.3) is 6.08 Å². The molecule has 6 atom stereocenters. The lowest BCUT2D eigenvalue weighted by Crippen LogP contribution is -2.37. The molecule has 3 heterocycles. The van der Waals surface area contributed by atoms with E-state index in [0.29, 0.717) is 29.8 Å². The van der Waals surface area contributed by atoms with Crippen LogP contribution in [0.5, 0.6) is 5.75 Å². The van der Waals surface area contributed by atoms with Gasteiger partial charge in [-0.1, -0.05) is 37.3 Å². The van der Waals surface area contributed by atoms with Gasteiger partial charge in [-0.15, -0.1) is 0 Å². The molecule has 2 aromatic rings. The van der Waals surface area contributed by atoms with Crippen LogP contribution in [0.4, 0.5) is 5.69 Å². The van der Waals surface area contributed by atoms with Crippen molar-refractivity contribution in [1.82, 2.24) is 15.8 Å². The molecular weight excluding hydrogens is 448 g/mol. The fraction of sp³-hybridized carbons (Fsp3) is 0.500. The summed E-state index contributed by atoms with van der Waals surface area (Å²) in [6.07, 6.45) is 9.14. The van der Waals surface area contributed by atoms with Gasteiger partial charge in [-0.05, 0) is 90.4 Å². The lowest BCUT2D eigenvalue weighted by atomic mass is 9.73. The number of hydrazine groups is 1. The summed E-state index contributed by atoms with van der Waals surface area (Å²) in [5, 5.41) is 3.14. The lowest BCUT2D eigenvalue weighted by Gasteiger charge is -2.33. The Hall–Kier alpha value is -2.67. The average Bonchev–Trinajstić information content (AvgIpc) is 3.18. The molecule has 3 fully saturated rings. The third-order valence-corrected chi connectivity index (χ3v) is 9.75. The molecule has 1 amide bonds. The molecule has 5 unspecified atom stereocenters. The Bertz CT molecular complexity index is 1240. The Kier molecular flexibility index (Phi) is 5.28. The molecule has 2 aromatic carbocycles. The summed E-state index contributed by atoms with van der Waals surface area (Å²) >= 11 is 0. The number of hydrogen-bond acceptors (Lipinski definition) is 5. The third-order valence-electron chi connectivity index (χ3n) is 9.75. The summed E-state index contributed by atoms with van der Waals surface area (Å²) in [7, 11) is 1.69. The summed E-state index contributed by atoms with van der Waals surface area (Å²) in [5.74, 6) is 2.62. The molecule has 188 valence electrons. The number of methoxy groups -OCH3 is 1. The molecule has 6 nitrogen and oxygen atoms in total. The summed E-state index contributed by atoms with van der Waals surface area (Å²) in [6.45, 7) is 5.49. The van der Waals surface area contributed by atoms with Crippen molar-refractivity contribution < 1.29 is 9.53 Å². The highest BCUT2D eigenvalue weighted by Crippen LogP contribution is 2.65. The molecule has 3 aliphatic heterocycles. The van der Waals surface area contributed by atoms with Crippen LogP contribution in [0.15, 0.2) is 42.5 Å². The molecule has 3 N–H and O–H groups in total.